The average molecular weight is 283 g/mol. The lowest BCUT2D eigenvalue weighted by Gasteiger charge is -2.06. The molecule has 0 aliphatic rings. The van der Waals surface area contributed by atoms with Crippen LogP contribution < -0.4 is 4.74 Å². The fourth-order valence-corrected chi connectivity index (χ4v) is 1.72. The highest BCUT2D eigenvalue weighted by Gasteiger charge is 2.11. The third kappa shape index (κ3) is 3.45. The van der Waals surface area contributed by atoms with E-state index in [0.29, 0.717) is 22.5 Å². The molecule has 5 nitrogen and oxygen atoms in total. The average Bonchev–Trinajstić information content (AvgIpc) is 2.86. The molecule has 0 amide bonds. The van der Waals surface area contributed by atoms with Crippen LogP contribution in [0.4, 0.5) is 0 Å². The van der Waals surface area contributed by atoms with Crippen molar-refractivity contribution in [2.75, 3.05) is 0 Å². The van der Waals surface area contributed by atoms with E-state index in [0.717, 1.165) is 5.56 Å². The Hall–Kier alpha value is -1.59. The molecule has 6 heteroatoms. The van der Waals surface area contributed by atoms with Crippen molar-refractivity contribution in [2.24, 2.45) is 0 Å². The zero-order chi connectivity index (χ0) is 13.8. The first-order chi connectivity index (χ1) is 9.10. The summed E-state index contributed by atoms with van der Waals surface area (Å²) in [6, 6.07) is 5.11. The highest BCUT2D eigenvalue weighted by atomic mass is 35.5. The predicted octanol–water partition coefficient (Wildman–Crippen LogP) is 2.92. The van der Waals surface area contributed by atoms with Gasteiger partial charge in [0.2, 0.25) is 11.7 Å². The number of benzene rings is 1. The second-order valence-electron chi connectivity index (χ2n) is 4.42. The van der Waals surface area contributed by atoms with E-state index in [2.05, 4.69) is 10.1 Å². The van der Waals surface area contributed by atoms with Gasteiger partial charge in [-0.05, 0) is 17.7 Å². The van der Waals surface area contributed by atoms with Crippen LogP contribution in [0.2, 0.25) is 5.02 Å². The second kappa shape index (κ2) is 6.04. The van der Waals surface area contributed by atoms with Gasteiger partial charge in [0.15, 0.2) is 6.61 Å². The minimum absolute atomic E-state index is 0.0530. The van der Waals surface area contributed by atoms with Gasteiger partial charge in [0.05, 0.1) is 11.6 Å². The molecule has 19 heavy (non-hydrogen) atoms. The molecule has 0 unspecified atom stereocenters. The van der Waals surface area contributed by atoms with Crippen molar-refractivity contribution in [1.82, 2.24) is 10.1 Å². The molecule has 1 aromatic carbocycles. The fraction of sp³-hybridized carbons (Fsp3) is 0.385. The molecule has 1 N–H and O–H groups in total. The van der Waals surface area contributed by atoms with Gasteiger partial charge in [-0.1, -0.05) is 36.7 Å². The Bertz CT molecular complexity index is 555. The monoisotopic (exact) mass is 282 g/mol. The minimum Gasteiger partial charge on any atom is -0.484 e. The predicted molar refractivity (Wildman–Crippen MR) is 70.1 cm³/mol. The summed E-state index contributed by atoms with van der Waals surface area (Å²) in [7, 11) is 0. The molecule has 0 atom stereocenters. The van der Waals surface area contributed by atoms with Crippen molar-refractivity contribution in [1.29, 1.82) is 0 Å². The molecule has 0 fully saturated rings. The molecular formula is C13H15ClN2O3. The molecule has 2 aromatic rings. The van der Waals surface area contributed by atoms with Gasteiger partial charge in [-0.2, -0.15) is 4.98 Å². The largest absolute Gasteiger partial charge is 0.484 e. The summed E-state index contributed by atoms with van der Waals surface area (Å²) >= 11 is 6.03. The van der Waals surface area contributed by atoms with Crippen molar-refractivity contribution in [3.63, 3.8) is 0 Å². The van der Waals surface area contributed by atoms with Crippen LogP contribution in [-0.2, 0) is 13.2 Å². The van der Waals surface area contributed by atoms with Gasteiger partial charge < -0.3 is 14.4 Å². The summed E-state index contributed by atoms with van der Waals surface area (Å²) in [4.78, 5) is 4.20. The van der Waals surface area contributed by atoms with Gasteiger partial charge in [-0.25, -0.2) is 0 Å². The standard InChI is InChI=1S/C13H15ClN2O3/c1-8(2)13-15-12(16-19-13)7-18-11-4-3-9(6-17)5-10(11)14/h3-5,8,17H,6-7H2,1-2H3. The zero-order valence-electron chi connectivity index (χ0n) is 10.8. The summed E-state index contributed by atoms with van der Waals surface area (Å²) < 4.78 is 10.6. The van der Waals surface area contributed by atoms with Crippen LogP contribution in [0.3, 0.4) is 0 Å². The van der Waals surface area contributed by atoms with Crippen LogP contribution in [-0.4, -0.2) is 15.2 Å². The molecule has 2 rings (SSSR count). The van der Waals surface area contributed by atoms with E-state index in [1.807, 2.05) is 13.8 Å². The van der Waals surface area contributed by atoms with Crippen LogP contribution in [0.1, 0.15) is 37.0 Å². The maximum atomic E-state index is 8.98. The first-order valence-corrected chi connectivity index (χ1v) is 6.32. The van der Waals surface area contributed by atoms with Crippen molar-refractivity contribution < 1.29 is 14.4 Å². The van der Waals surface area contributed by atoms with Crippen LogP contribution in [0.15, 0.2) is 22.7 Å². The molecule has 0 aliphatic carbocycles. The normalized spacial score (nSPS) is 11.0. The van der Waals surface area contributed by atoms with Crippen LogP contribution >= 0.6 is 11.6 Å². The van der Waals surface area contributed by atoms with Crippen LogP contribution in [0, 0.1) is 0 Å². The first-order valence-electron chi connectivity index (χ1n) is 5.94. The highest BCUT2D eigenvalue weighted by Crippen LogP contribution is 2.26. The minimum atomic E-state index is -0.0530. The summed E-state index contributed by atoms with van der Waals surface area (Å²) in [5.74, 6) is 1.77. The molecule has 0 aliphatic heterocycles. The Kier molecular flexibility index (Phi) is 4.39. The SMILES string of the molecule is CC(C)c1nc(COc2ccc(CO)cc2Cl)no1. The Morgan fingerprint density at radius 2 is 2.21 bits per heavy atom. The molecule has 1 heterocycles. The van der Waals surface area contributed by atoms with E-state index in [-0.39, 0.29) is 19.1 Å². The molecule has 0 saturated heterocycles. The lowest BCUT2D eigenvalue weighted by molar-refractivity contribution is 0.278. The lowest BCUT2D eigenvalue weighted by Crippen LogP contribution is -1.99. The van der Waals surface area contributed by atoms with Crippen molar-refractivity contribution in [3.8, 4) is 5.75 Å². The molecule has 1 aromatic heterocycles. The molecule has 0 spiro atoms. The molecule has 102 valence electrons. The van der Waals surface area contributed by atoms with Gasteiger partial charge in [0, 0.05) is 5.92 Å². The number of aliphatic hydroxyl groups excluding tert-OH is 1. The van der Waals surface area contributed by atoms with E-state index in [9.17, 15) is 0 Å². The Morgan fingerprint density at radius 1 is 1.42 bits per heavy atom. The van der Waals surface area contributed by atoms with E-state index < -0.39 is 0 Å². The van der Waals surface area contributed by atoms with Gasteiger partial charge in [-0.15, -0.1) is 0 Å². The van der Waals surface area contributed by atoms with Gasteiger partial charge >= 0.3 is 0 Å². The molecule has 0 bridgehead atoms. The second-order valence-corrected chi connectivity index (χ2v) is 4.82. The third-order valence-corrected chi connectivity index (χ3v) is 2.81. The van der Waals surface area contributed by atoms with E-state index in [1.54, 1.807) is 18.2 Å². The summed E-state index contributed by atoms with van der Waals surface area (Å²) in [5.41, 5.74) is 0.735. The lowest BCUT2D eigenvalue weighted by atomic mass is 10.2. The van der Waals surface area contributed by atoms with Gasteiger partial charge in [-0.3, -0.25) is 0 Å². The van der Waals surface area contributed by atoms with Crippen molar-refractivity contribution in [3.05, 3.63) is 40.5 Å². The summed E-state index contributed by atoms with van der Waals surface area (Å²) in [6.45, 7) is 4.09. The zero-order valence-corrected chi connectivity index (χ0v) is 11.5. The quantitative estimate of drug-likeness (QED) is 0.913. The third-order valence-electron chi connectivity index (χ3n) is 2.51. The van der Waals surface area contributed by atoms with Gasteiger partial charge in [0.25, 0.3) is 0 Å². The Balaban J connectivity index is 2.01. The number of aromatic nitrogens is 2. The van der Waals surface area contributed by atoms with Crippen LogP contribution in [0.5, 0.6) is 5.75 Å². The van der Waals surface area contributed by atoms with E-state index >= 15 is 0 Å². The number of hydrogen-bond acceptors (Lipinski definition) is 5. The van der Waals surface area contributed by atoms with Crippen molar-refractivity contribution >= 4 is 11.6 Å². The Morgan fingerprint density at radius 3 is 2.79 bits per heavy atom. The van der Waals surface area contributed by atoms with E-state index in [4.69, 9.17) is 26.0 Å². The maximum absolute atomic E-state index is 8.98. The van der Waals surface area contributed by atoms with Crippen molar-refractivity contribution in [2.45, 2.75) is 33.0 Å². The topological polar surface area (TPSA) is 68.4 Å². The summed E-state index contributed by atoms with van der Waals surface area (Å²) in [6.07, 6.45) is 0. The fourth-order valence-electron chi connectivity index (χ4n) is 1.46. The number of halogens is 1. The molecular weight excluding hydrogens is 268 g/mol. The maximum Gasteiger partial charge on any atom is 0.229 e. The first kappa shape index (κ1) is 13.8. The molecule has 0 saturated carbocycles. The molecule has 0 radical (unpaired) electrons. The number of hydrogen-bond donors (Lipinski definition) is 1. The number of aliphatic hydroxyl groups is 1. The summed E-state index contributed by atoms with van der Waals surface area (Å²) in [5, 5.41) is 13.2. The van der Waals surface area contributed by atoms with E-state index in [1.165, 1.54) is 0 Å². The number of rotatable bonds is 5. The highest BCUT2D eigenvalue weighted by molar-refractivity contribution is 6.32. The van der Waals surface area contributed by atoms with Crippen LogP contribution in [0.25, 0.3) is 0 Å². The number of nitrogens with zero attached hydrogens (tertiary/aromatic N) is 2. The Labute approximate surface area is 116 Å². The number of ether oxygens (including phenoxy) is 1. The van der Waals surface area contributed by atoms with Gasteiger partial charge in [0.1, 0.15) is 5.75 Å². The smallest absolute Gasteiger partial charge is 0.229 e.